The van der Waals surface area contributed by atoms with E-state index in [9.17, 15) is 0 Å². The van der Waals surface area contributed by atoms with E-state index in [1.165, 1.54) is 86.5 Å². The summed E-state index contributed by atoms with van der Waals surface area (Å²) in [6.45, 7) is 6.95. The van der Waals surface area contributed by atoms with Crippen LogP contribution in [0.15, 0.2) is 79.0 Å². The van der Waals surface area contributed by atoms with Crippen molar-refractivity contribution < 1.29 is 0 Å². The van der Waals surface area contributed by atoms with Crippen molar-refractivity contribution in [2.45, 2.75) is 64.7 Å². The highest BCUT2D eigenvalue weighted by molar-refractivity contribution is 7.26. The summed E-state index contributed by atoms with van der Waals surface area (Å²) in [5, 5.41) is 2.72. The Morgan fingerprint density at radius 2 is 1.63 bits per heavy atom. The van der Waals surface area contributed by atoms with Crippen LogP contribution in [-0.4, -0.2) is 4.98 Å². The molecule has 3 saturated carbocycles. The molecule has 5 aromatic rings. The number of thiophene rings is 1. The molecule has 0 aliphatic heterocycles. The van der Waals surface area contributed by atoms with Crippen molar-refractivity contribution in [2.24, 2.45) is 17.8 Å². The molecule has 0 spiro atoms. The van der Waals surface area contributed by atoms with Crippen molar-refractivity contribution >= 4 is 31.5 Å². The average molecular weight is 516 g/mol. The van der Waals surface area contributed by atoms with Crippen LogP contribution >= 0.6 is 11.3 Å². The summed E-state index contributed by atoms with van der Waals surface area (Å²) in [5.41, 5.74) is 7.91. The monoisotopic (exact) mass is 515 g/mol. The van der Waals surface area contributed by atoms with Gasteiger partial charge in [-0.25, -0.2) is 0 Å². The van der Waals surface area contributed by atoms with Crippen molar-refractivity contribution in [3.8, 4) is 22.4 Å². The third kappa shape index (κ3) is 4.37. The second-order valence-corrected chi connectivity index (χ2v) is 13.9. The van der Waals surface area contributed by atoms with E-state index in [0.717, 1.165) is 23.4 Å². The van der Waals surface area contributed by atoms with Crippen LogP contribution in [0.5, 0.6) is 0 Å². The van der Waals surface area contributed by atoms with Crippen LogP contribution in [0.1, 0.15) is 64.0 Å². The smallest absolute Gasteiger partial charge is 0.0704 e. The van der Waals surface area contributed by atoms with Gasteiger partial charge in [0.1, 0.15) is 0 Å². The number of hydrogen-bond acceptors (Lipinski definition) is 2. The molecule has 1 unspecified atom stereocenters. The molecule has 8 rings (SSSR count). The Kier molecular flexibility index (Phi) is 5.93. The van der Waals surface area contributed by atoms with Crippen LogP contribution in [0.4, 0.5) is 0 Å². The minimum Gasteiger partial charge on any atom is -0.256 e. The summed E-state index contributed by atoms with van der Waals surface area (Å²) >= 11 is 1.92. The van der Waals surface area contributed by atoms with Gasteiger partial charge in [0.2, 0.25) is 0 Å². The van der Waals surface area contributed by atoms with Gasteiger partial charge in [-0.2, -0.15) is 0 Å². The predicted octanol–water partition coefficient (Wildman–Crippen LogP) is 10.4. The predicted molar refractivity (Wildman–Crippen MR) is 164 cm³/mol. The fourth-order valence-electron chi connectivity index (χ4n) is 7.13. The SMILES string of the molecule is CC(C)(C)c1cc(-c2ccccc2)c2sc3ccc(-c4cc(CC5CC6CCC5CC6)ccn4)cc3c2c1. The Labute approximate surface area is 231 Å². The Morgan fingerprint density at radius 1 is 0.816 bits per heavy atom. The van der Waals surface area contributed by atoms with Gasteiger partial charge in [-0.05, 0) is 108 Å². The van der Waals surface area contributed by atoms with E-state index in [4.69, 9.17) is 4.98 Å². The summed E-state index contributed by atoms with van der Waals surface area (Å²) in [5.74, 6) is 2.80. The lowest BCUT2D eigenvalue weighted by Gasteiger charge is -2.42. The molecule has 2 heterocycles. The van der Waals surface area contributed by atoms with Gasteiger partial charge in [0.15, 0.2) is 0 Å². The van der Waals surface area contributed by atoms with E-state index in [1.54, 1.807) is 0 Å². The molecular formula is C36H37NS. The van der Waals surface area contributed by atoms with Gasteiger partial charge < -0.3 is 0 Å². The number of rotatable bonds is 4. The van der Waals surface area contributed by atoms with Gasteiger partial charge in [0, 0.05) is 31.9 Å². The van der Waals surface area contributed by atoms with Crippen LogP contribution in [-0.2, 0) is 11.8 Å². The third-order valence-corrected chi connectivity index (χ3v) is 10.6. The zero-order chi connectivity index (χ0) is 25.9. The molecule has 38 heavy (non-hydrogen) atoms. The molecule has 3 aliphatic carbocycles. The molecule has 2 heteroatoms. The van der Waals surface area contributed by atoms with E-state index in [1.807, 2.05) is 17.5 Å². The van der Waals surface area contributed by atoms with E-state index in [0.29, 0.717) is 0 Å². The maximum Gasteiger partial charge on any atom is 0.0704 e. The summed E-state index contributed by atoms with van der Waals surface area (Å²) < 4.78 is 2.73. The maximum absolute atomic E-state index is 4.85. The minimum absolute atomic E-state index is 0.0814. The van der Waals surface area contributed by atoms with Crippen LogP contribution in [0.25, 0.3) is 42.6 Å². The van der Waals surface area contributed by atoms with Gasteiger partial charge in [-0.15, -0.1) is 11.3 Å². The largest absolute Gasteiger partial charge is 0.256 e. The van der Waals surface area contributed by atoms with Gasteiger partial charge in [0.05, 0.1) is 5.69 Å². The molecule has 3 fully saturated rings. The Hall–Kier alpha value is -2.97. The molecule has 192 valence electrons. The molecule has 1 nitrogen and oxygen atoms in total. The zero-order valence-electron chi connectivity index (χ0n) is 22.8. The number of fused-ring (bicyclic) bond motifs is 6. The van der Waals surface area contributed by atoms with Gasteiger partial charge in [-0.1, -0.05) is 70.0 Å². The minimum atomic E-state index is 0.0814. The first-order valence-electron chi connectivity index (χ1n) is 14.4. The Balaban J connectivity index is 1.31. The molecule has 0 saturated heterocycles. The fourth-order valence-corrected chi connectivity index (χ4v) is 8.33. The molecule has 0 N–H and O–H groups in total. The zero-order valence-corrected chi connectivity index (χ0v) is 23.7. The van der Waals surface area contributed by atoms with Crippen LogP contribution in [0.3, 0.4) is 0 Å². The Morgan fingerprint density at radius 3 is 2.37 bits per heavy atom. The molecule has 1 atom stereocenters. The molecule has 2 aromatic heterocycles. The Bertz CT molecular complexity index is 1610. The lowest BCUT2D eigenvalue weighted by atomic mass is 9.63. The number of benzene rings is 3. The number of aromatic nitrogens is 1. The molecule has 0 amide bonds. The average Bonchev–Trinajstić information content (AvgIpc) is 3.31. The van der Waals surface area contributed by atoms with E-state index in [-0.39, 0.29) is 5.41 Å². The number of pyridine rings is 1. The second kappa shape index (κ2) is 9.35. The highest BCUT2D eigenvalue weighted by Gasteiger charge is 2.35. The molecule has 3 aromatic carbocycles. The van der Waals surface area contributed by atoms with Crippen molar-refractivity contribution in [1.29, 1.82) is 0 Å². The maximum atomic E-state index is 4.85. The van der Waals surface area contributed by atoms with Crippen LogP contribution in [0.2, 0.25) is 0 Å². The lowest BCUT2D eigenvalue weighted by molar-refractivity contribution is 0.0991. The highest BCUT2D eigenvalue weighted by atomic mass is 32.1. The molecule has 0 radical (unpaired) electrons. The standard InChI is InChI=1S/C36H37NS/c1-36(2,3)29-21-30(26-7-5-4-6-8-26)35-32(22-29)31-20-27(13-14-34(31)38-35)33-19-24(15-16-37-33)18-28-17-23-9-11-25(28)12-10-23/h4-8,13-16,19-23,25,28H,9-12,17-18H2,1-3H3. The summed E-state index contributed by atoms with van der Waals surface area (Å²) in [7, 11) is 0. The normalized spacial score (nSPS) is 21.4. The first-order valence-corrected chi connectivity index (χ1v) is 15.3. The molecule has 2 bridgehead atoms. The van der Waals surface area contributed by atoms with E-state index in [2.05, 4.69) is 93.6 Å². The highest BCUT2D eigenvalue weighted by Crippen LogP contribution is 2.47. The van der Waals surface area contributed by atoms with Crippen molar-refractivity contribution in [3.63, 3.8) is 0 Å². The first-order chi connectivity index (χ1) is 18.4. The van der Waals surface area contributed by atoms with Crippen molar-refractivity contribution in [1.82, 2.24) is 4.98 Å². The summed E-state index contributed by atoms with van der Waals surface area (Å²) in [4.78, 5) is 4.85. The number of hydrogen-bond donors (Lipinski definition) is 0. The van der Waals surface area contributed by atoms with E-state index < -0.39 is 0 Å². The molecular weight excluding hydrogens is 478 g/mol. The van der Waals surface area contributed by atoms with Crippen molar-refractivity contribution in [3.05, 3.63) is 90.1 Å². The van der Waals surface area contributed by atoms with Gasteiger partial charge in [-0.3, -0.25) is 4.98 Å². The van der Waals surface area contributed by atoms with Crippen LogP contribution in [0, 0.1) is 17.8 Å². The lowest BCUT2D eigenvalue weighted by Crippen LogP contribution is -2.32. The first kappa shape index (κ1) is 24.1. The van der Waals surface area contributed by atoms with Crippen LogP contribution < -0.4 is 0 Å². The third-order valence-electron chi connectivity index (χ3n) is 9.33. The second-order valence-electron chi connectivity index (χ2n) is 12.9. The van der Waals surface area contributed by atoms with E-state index >= 15 is 0 Å². The summed E-state index contributed by atoms with van der Waals surface area (Å²) in [6, 6.07) is 27.3. The van der Waals surface area contributed by atoms with Crippen molar-refractivity contribution in [2.75, 3.05) is 0 Å². The van der Waals surface area contributed by atoms with Gasteiger partial charge >= 0.3 is 0 Å². The van der Waals surface area contributed by atoms with Gasteiger partial charge in [0.25, 0.3) is 0 Å². The topological polar surface area (TPSA) is 12.9 Å². The summed E-state index contributed by atoms with van der Waals surface area (Å²) in [6.07, 6.45) is 10.5. The molecule has 3 aliphatic rings. The quantitative estimate of drug-likeness (QED) is 0.232. The fraction of sp³-hybridized carbons (Fsp3) is 0.361. The number of nitrogens with zero attached hydrogens (tertiary/aromatic N) is 1.